The van der Waals surface area contributed by atoms with Crippen LogP contribution in [0.2, 0.25) is 0 Å². The summed E-state index contributed by atoms with van der Waals surface area (Å²) in [4.78, 5) is 0. The molecule has 0 amide bonds. The Morgan fingerprint density at radius 1 is 1.06 bits per heavy atom. The van der Waals surface area contributed by atoms with Crippen molar-refractivity contribution in [2.75, 3.05) is 0 Å². The lowest BCUT2D eigenvalue weighted by molar-refractivity contribution is 0.428. The first-order valence-electron chi connectivity index (χ1n) is 6.47. The van der Waals surface area contributed by atoms with Gasteiger partial charge in [0.25, 0.3) is 0 Å². The van der Waals surface area contributed by atoms with Crippen LogP contribution in [-0.4, -0.2) is 9.78 Å². The van der Waals surface area contributed by atoms with Crippen LogP contribution in [0.4, 0.5) is 0 Å². The fourth-order valence-electron chi connectivity index (χ4n) is 2.81. The zero-order chi connectivity index (χ0) is 12.8. The van der Waals surface area contributed by atoms with Gasteiger partial charge in [0.15, 0.2) is 0 Å². The van der Waals surface area contributed by atoms with E-state index in [9.17, 15) is 0 Å². The summed E-state index contributed by atoms with van der Waals surface area (Å²) in [6.45, 7) is 14.9. The molecule has 2 nitrogen and oxygen atoms in total. The Bertz CT molecular complexity index is 450. The van der Waals surface area contributed by atoms with Gasteiger partial charge in [-0.05, 0) is 28.9 Å². The van der Waals surface area contributed by atoms with Crippen LogP contribution in [0, 0.1) is 10.8 Å². The highest BCUT2D eigenvalue weighted by molar-refractivity contribution is 5.72. The Morgan fingerprint density at radius 3 is 2.24 bits per heavy atom. The van der Waals surface area contributed by atoms with Crippen LogP contribution in [0.15, 0.2) is 17.8 Å². The molecule has 94 valence electrons. The predicted octanol–water partition coefficient (Wildman–Crippen LogP) is 4.13. The quantitative estimate of drug-likeness (QED) is 0.657. The van der Waals surface area contributed by atoms with Gasteiger partial charge in [-0.3, -0.25) is 4.68 Å². The first-order valence-corrected chi connectivity index (χ1v) is 6.47. The van der Waals surface area contributed by atoms with Crippen molar-refractivity contribution in [2.24, 2.45) is 10.8 Å². The van der Waals surface area contributed by atoms with E-state index in [1.165, 1.54) is 11.3 Å². The summed E-state index contributed by atoms with van der Waals surface area (Å²) >= 11 is 0. The van der Waals surface area contributed by atoms with Crippen molar-refractivity contribution in [3.8, 4) is 0 Å². The minimum Gasteiger partial charge on any atom is -0.265 e. The van der Waals surface area contributed by atoms with Gasteiger partial charge in [0, 0.05) is 12.7 Å². The highest BCUT2D eigenvalue weighted by Gasteiger charge is 2.32. The average molecular weight is 232 g/mol. The van der Waals surface area contributed by atoms with E-state index in [-0.39, 0.29) is 10.8 Å². The van der Waals surface area contributed by atoms with Gasteiger partial charge in [0.2, 0.25) is 0 Å². The molecule has 17 heavy (non-hydrogen) atoms. The van der Waals surface area contributed by atoms with Crippen LogP contribution in [0.1, 0.15) is 53.7 Å². The van der Waals surface area contributed by atoms with E-state index in [0.717, 1.165) is 13.0 Å². The lowest BCUT2D eigenvalue weighted by Crippen LogP contribution is -2.25. The maximum absolute atomic E-state index is 4.42. The molecule has 0 aromatic carbocycles. The molecule has 0 radical (unpaired) electrons. The van der Waals surface area contributed by atoms with Gasteiger partial charge >= 0.3 is 0 Å². The van der Waals surface area contributed by atoms with Crippen LogP contribution in [0.5, 0.6) is 0 Å². The van der Waals surface area contributed by atoms with Gasteiger partial charge in [-0.1, -0.05) is 47.1 Å². The summed E-state index contributed by atoms with van der Waals surface area (Å²) in [5.74, 6) is 0. The van der Waals surface area contributed by atoms with E-state index in [1.807, 2.05) is 6.20 Å². The zero-order valence-electron chi connectivity index (χ0n) is 12.0. The van der Waals surface area contributed by atoms with Crippen molar-refractivity contribution >= 4 is 5.57 Å². The molecular formula is C15H24N2. The third-order valence-electron chi connectivity index (χ3n) is 3.50. The van der Waals surface area contributed by atoms with Crippen molar-refractivity contribution in [2.45, 2.75) is 54.5 Å². The lowest BCUT2D eigenvalue weighted by Gasteiger charge is -2.36. The van der Waals surface area contributed by atoms with Crippen LogP contribution in [0.25, 0.3) is 5.57 Å². The minimum absolute atomic E-state index is 0.181. The van der Waals surface area contributed by atoms with Gasteiger partial charge in [0.05, 0.1) is 5.69 Å². The topological polar surface area (TPSA) is 17.8 Å². The monoisotopic (exact) mass is 232 g/mol. The van der Waals surface area contributed by atoms with Gasteiger partial charge in [0.1, 0.15) is 0 Å². The van der Waals surface area contributed by atoms with Crippen LogP contribution in [0.3, 0.4) is 0 Å². The van der Waals surface area contributed by atoms with Gasteiger partial charge in [-0.2, -0.15) is 5.10 Å². The van der Waals surface area contributed by atoms with Crippen LogP contribution < -0.4 is 0 Å². The molecule has 0 unspecified atom stereocenters. The van der Waals surface area contributed by atoms with Crippen molar-refractivity contribution in [3.05, 3.63) is 23.5 Å². The number of fused-ring (bicyclic) bond motifs is 1. The van der Waals surface area contributed by atoms with Crippen LogP contribution >= 0.6 is 0 Å². The highest BCUT2D eigenvalue weighted by Crippen LogP contribution is 2.45. The van der Waals surface area contributed by atoms with Gasteiger partial charge in [-0.15, -0.1) is 0 Å². The summed E-state index contributed by atoms with van der Waals surface area (Å²) in [6.07, 6.45) is 3.05. The first kappa shape index (κ1) is 12.4. The van der Waals surface area contributed by atoms with E-state index < -0.39 is 0 Å². The van der Waals surface area contributed by atoms with E-state index in [4.69, 9.17) is 0 Å². The maximum Gasteiger partial charge on any atom is 0.0647 e. The molecule has 0 atom stereocenters. The predicted molar refractivity (Wildman–Crippen MR) is 72.7 cm³/mol. The third kappa shape index (κ3) is 2.18. The van der Waals surface area contributed by atoms with Crippen molar-refractivity contribution in [3.63, 3.8) is 0 Å². The summed E-state index contributed by atoms with van der Waals surface area (Å²) in [6, 6.07) is 2.16. The molecular weight excluding hydrogens is 208 g/mol. The lowest BCUT2D eigenvalue weighted by atomic mass is 9.71. The molecule has 0 saturated heterocycles. The molecule has 2 heterocycles. The van der Waals surface area contributed by atoms with Crippen molar-refractivity contribution in [1.82, 2.24) is 9.78 Å². The summed E-state index contributed by atoms with van der Waals surface area (Å²) in [5, 5.41) is 4.42. The average Bonchev–Trinajstić information content (AvgIpc) is 2.59. The van der Waals surface area contributed by atoms with E-state index >= 15 is 0 Å². The Kier molecular flexibility index (Phi) is 2.72. The second-order valence-electron chi connectivity index (χ2n) is 7.04. The SMILES string of the molecule is CC(C)(C)C1=C(C(C)(C)C)c2ccnn2CC1. The summed E-state index contributed by atoms with van der Waals surface area (Å²) in [7, 11) is 0. The second-order valence-corrected chi connectivity index (χ2v) is 7.04. The third-order valence-corrected chi connectivity index (χ3v) is 3.50. The molecule has 0 fully saturated rings. The van der Waals surface area contributed by atoms with Crippen molar-refractivity contribution < 1.29 is 0 Å². The minimum atomic E-state index is 0.181. The number of aryl methyl sites for hydroxylation is 1. The Hall–Kier alpha value is -1.05. The van der Waals surface area contributed by atoms with Crippen molar-refractivity contribution in [1.29, 1.82) is 0 Å². The summed E-state index contributed by atoms with van der Waals surface area (Å²) in [5.41, 5.74) is 4.83. The molecule has 1 aromatic rings. The number of hydrogen-bond donors (Lipinski definition) is 0. The molecule has 2 rings (SSSR count). The Morgan fingerprint density at radius 2 is 1.71 bits per heavy atom. The van der Waals surface area contributed by atoms with E-state index in [2.05, 4.69) is 57.4 Å². The number of aromatic nitrogens is 2. The molecule has 1 aliphatic heterocycles. The Balaban J connectivity index is 2.67. The van der Waals surface area contributed by atoms with Gasteiger partial charge < -0.3 is 0 Å². The first-order chi connectivity index (χ1) is 7.71. The zero-order valence-corrected chi connectivity index (χ0v) is 12.0. The number of hydrogen-bond acceptors (Lipinski definition) is 1. The molecule has 0 bridgehead atoms. The smallest absolute Gasteiger partial charge is 0.0647 e. The molecule has 0 spiro atoms. The standard InChI is InChI=1S/C15H24N2/c1-14(2,3)11-8-10-17-12(7-9-16-17)13(11)15(4,5)6/h7,9H,8,10H2,1-6H3. The van der Waals surface area contributed by atoms with Crippen LogP contribution in [-0.2, 0) is 6.54 Å². The Labute approximate surface area is 105 Å². The fraction of sp³-hybridized carbons (Fsp3) is 0.667. The largest absolute Gasteiger partial charge is 0.265 e. The van der Waals surface area contributed by atoms with E-state index in [1.54, 1.807) is 5.57 Å². The molecule has 0 N–H and O–H groups in total. The molecule has 0 aliphatic carbocycles. The molecule has 1 aromatic heterocycles. The fourth-order valence-corrected chi connectivity index (χ4v) is 2.81. The normalized spacial score (nSPS) is 17.3. The molecule has 0 saturated carbocycles. The van der Waals surface area contributed by atoms with E-state index in [0.29, 0.717) is 0 Å². The molecule has 1 aliphatic rings. The summed E-state index contributed by atoms with van der Waals surface area (Å²) < 4.78 is 2.15. The number of nitrogens with zero attached hydrogens (tertiary/aromatic N) is 2. The van der Waals surface area contributed by atoms with Gasteiger partial charge in [-0.25, -0.2) is 0 Å². The maximum atomic E-state index is 4.42. The number of allylic oxidation sites excluding steroid dienone is 2. The number of rotatable bonds is 0. The highest BCUT2D eigenvalue weighted by atomic mass is 15.3. The molecule has 2 heteroatoms. The second kappa shape index (κ2) is 3.72.